The smallest absolute Gasteiger partial charge is 0.181 e. The summed E-state index contributed by atoms with van der Waals surface area (Å²) in [7, 11) is 1.45. The Labute approximate surface area is 93.0 Å². The Morgan fingerprint density at radius 1 is 1.53 bits per heavy atom. The number of carbonyl (C=O) groups excluding carboxylic acids is 2. The molecule has 0 unspecified atom stereocenters. The molecule has 4 heteroatoms. The normalized spacial score (nSPS) is 9.80. The predicted molar refractivity (Wildman–Crippen MR) is 58.2 cm³/mol. The standard InChI is InChI=1S/C11H11ClO3/c1-7-3-8(6-13)4-10(15-2)11(7)9(14)5-12/h3-4,6H,5H2,1-2H3. The molecule has 0 aliphatic carbocycles. The third-order valence-corrected chi connectivity index (χ3v) is 2.32. The lowest BCUT2D eigenvalue weighted by atomic mass is 10.0. The van der Waals surface area contributed by atoms with Gasteiger partial charge in [0.05, 0.1) is 18.6 Å². The Morgan fingerprint density at radius 3 is 2.67 bits per heavy atom. The molecule has 1 rings (SSSR count). The van der Waals surface area contributed by atoms with E-state index in [1.807, 2.05) is 0 Å². The minimum atomic E-state index is -0.205. The number of rotatable bonds is 4. The predicted octanol–water partition coefficient (Wildman–Crippen LogP) is 2.24. The van der Waals surface area contributed by atoms with Crippen LogP contribution in [0.5, 0.6) is 5.75 Å². The van der Waals surface area contributed by atoms with E-state index in [1.54, 1.807) is 13.0 Å². The van der Waals surface area contributed by atoms with Gasteiger partial charge in [-0.05, 0) is 24.6 Å². The van der Waals surface area contributed by atoms with Crippen molar-refractivity contribution in [1.82, 2.24) is 0 Å². The van der Waals surface area contributed by atoms with Crippen molar-refractivity contribution in [2.75, 3.05) is 13.0 Å². The molecule has 0 heterocycles. The number of aryl methyl sites for hydroxylation is 1. The highest BCUT2D eigenvalue weighted by atomic mass is 35.5. The average molecular weight is 227 g/mol. The first-order valence-corrected chi connectivity index (χ1v) is 4.90. The molecule has 80 valence electrons. The lowest BCUT2D eigenvalue weighted by Gasteiger charge is -2.10. The van der Waals surface area contributed by atoms with E-state index >= 15 is 0 Å². The maximum atomic E-state index is 11.5. The van der Waals surface area contributed by atoms with E-state index in [9.17, 15) is 9.59 Å². The molecule has 3 nitrogen and oxygen atoms in total. The fourth-order valence-corrected chi connectivity index (χ4v) is 1.57. The number of halogens is 1. The van der Waals surface area contributed by atoms with E-state index < -0.39 is 0 Å². The fourth-order valence-electron chi connectivity index (χ4n) is 1.43. The number of hydrogen-bond donors (Lipinski definition) is 0. The van der Waals surface area contributed by atoms with E-state index in [4.69, 9.17) is 16.3 Å². The second-order valence-corrected chi connectivity index (χ2v) is 3.36. The van der Waals surface area contributed by atoms with Gasteiger partial charge in [0.2, 0.25) is 0 Å². The molecule has 1 aromatic rings. The highest BCUT2D eigenvalue weighted by Gasteiger charge is 2.15. The molecule has 0 radical (unpaired) electrons. The molecule has 15 heavy (non-hydrogen) atoms. The molecular formula is C11H11ClO3. The zero-order chi connectivity index (χ0) is 11.4. The molecule has 0 aliphatic rings. The van der Waals surface area contributed by atoms with Crippen LogP contribution < -0.4 is 4.74 Å². The second-order valence-electron chi connectivity index (χ2n) is 3.09. The molecule has 0 aromatic heterocycles. The summed E-state index contributed by atoms with van der Waals surface area (Å²) in [5.41, 5.74) is 1.62. The quantitative estimate of drug-likeness (QED) is 0.449. The average Bonchev–Trinajstić information content (AvgIpc) is 2.26. The van der Waals surface area contributed by atoms with Gasteiger partial charge in [0.15, 0.2) is 5.78 Å². The lowest BCUT2D eigenvalue weighted by molar-refractivity contribution is 0.101. The van der Waals surface area contributed by atoms with Crippen LogP contribution in [0.1, 0.15) is 26.3 Å². The molecule has 0 saturated heterocycles. The topological polar surface area (TPSA) is 43.4 Å². The number of Topliss-reactive ketones (excluding diaryl/α,β-unsaturated/α-hetero) is 1. The van der Waals surface area contributed by atoms with Crippen LogP contribution in [0, 0.1) is 6.92 Å². The molecule has 0 aliphatic heterocycles. The van der Waals surface area contributed by atoms with Crippen molar-refractivity contribution in [2.24, 2.45) is 0 Å². The summed E-state index contributed by atoms with van der Waals surface area (Å²) in [4.78, 5) is 22.1. The van der Waals surface area contributed by atoms with Gasteiger partial charge in [-0.3, -0.25) is 9.59 Å². The van der Waals surface area contributed by atoms with Crippen molar-refractivity contribution in [1.29, 1.82) is 0 Å². The maximum absolute atomic E-state index is 11.5. The summed E-state index contributed by atoms with van der Waals surface area (Å²) in [6.45, 7) is 1.75. The van der Waals surface area contributed by atoms with Crippen molar-refractivity contribution >= 4 is 23.7 Å². The lowest BCUT2D eigenvalue weighted by Crippen LogP contribution is -2.06. The number of alkyl halides is 1. The molecule has 0 fully saturated rings. The van der Waals surface area contributed by atoms with E-state index in [1.165, 1.54) is 13.2 Å². The van der Waals surface area contributed by atoms with Crippen LogP contribution in [0.25, 0.3) is 0 Å². The Kier molecular flexibility index (Phi) is 3.86. The third kappa shape index (κ3) is 2.36. The summed E-state index contributed by atoms with van der Waals surface area (Å²) < 4.78 is 5.05. The van der Waals surface area contributed by atoms with Crippen LogP contribution in [0.15, 0.2) is 12.1 Å². The minimum Gasteiger partial charge on any atom is -0.496 e. The third-order valence-electron chi connectivity index (χ3n) is 2.08. The van der Waals surface area contributed by atoms with Gasteiger partial charge in [0, 0.05) is 5.56 Å². The first-order valence-electron chi connectivity index (χ1n) is 4.37. The van der Waals surface area contributed by atoms with Gasteiger partial charge in [0.1, 0.15) is 12.0 Å². The molecule has 0 spiro atoms. The number of carbonyl (C=O) groups is 2. The van der Waals surface area contributed by atoms with Gasteiger partial charge >= 0.3 is 0 Å². The summed E-state index contributed by atoms with van der Waals surface area (Å²) in [6, 6.07) is 3.16. The van der Waals surface area contributed by atoms with Gasteiger partial charge in [-0.15, -0.1) is 11.6 Å². The van der Waals surface area contributed by atoms with Crippen LogP contribution in [-0.4, -0.2) is 25.1 Å². The van der Waals surface area contributed by atoms with E-state index in [2.05, 4.69) is 0 Å². The van der Waals surface area contributed by atoms with Crippen LogP contribution in [-0.2, 0) is 0 Å². The Morgan fingerprint density at radius 2 is 2.20 bits per heavy atom. The van der Waals surface area contributed by atoms with Gasteiger partial charge < -0.3 is 4.74 Å². The van der Waals surface area contributed by atoms with Crippen LogP contribution in [0.2, 0.25) is 0 Å². The summed E-state index contributed by atoms with van der Waals surface area (Å²) >= 11 is 5.49. The summed E-state index contributed by atoms with van der Waals surface area (Å²) in [5, 5.41) is 0. The zero-order valence-corrected chi connectivity index (χ0v) is 9.30. The Bertz CT molecular complexity index is 399. The van der Waals surface area contributed by atoms with Crippen molar-refractivity contribution < 1.29 is 14.3 Å². The first-order chi connectivity index (χ1) is 7.13. The number of ether oxygens (including phenoxy) is 1. The van der Waals surface area contributed by atoms with Crippen LogP contribution in [0.3, 0.4) is 0 Å². The van der Waals surface area contributed by atoms with Crippen molar-refractivity contribution in [3.63, 3.8) is 0 Å². The van der Waals surface area contributed by atoms with Crippen molar-refractivity contribution in [3.8, 4) is 5.75 Å². The van der Waals surface area contributed by atoms with E-state index in [0.29, 0.717) is 28.7 Å². The summed E-state index contributed by atoms with van der Waals surface area (Å²) in [5.74, 6) is 0.0867. The SMILES string of the molecule is COc1cc(C=O)cc(C)c1C(=O)CCl. The van der Waals surface area contributed by atoms with Crippen molar-refractivity contribution in [2.45, 2.75) is 6.92 Å². The van der Waals surface area contributed by atoms with E-state index in [0.717, 1.165) is 0 Å². The Balaban J connectivity index is 3.36. The van der Waals surface area contributed by atoms with Gasteiger partial charge in [-0.25, -0.2) is 0 Å². The van der Waals surface area contributed by atoms with Crippen LogP contribution in [0.4, 0.5) is 0 Å². The van der Waals surface area contributed by atoms with Crippen LogP contribution >= 0.6 is 11.6 Å². The molecule has 0 amide bonds. The molecule has 0 atom stereocenters. The first kappa shape index (κ1) is 11.7. The maximum Gasteiger partial charge on any atom is 0.181 e. The molecule has 0 saturated carbocycles. The second kappa shape index (κ2) is 4.94. The molecule has 0 N–H and O–H groups in total. The minimum absolute atomic E-state index is 0.0996. The molecule has 1 aromatic carbocycles. The number of ketones is 1. The largest absolute Gasteiger partial charge is 0.496 e. The molecule has 0 bridgehead atoms. The van der Waals surface area contributed by atoms with Gasteiger partial charge in [-0.2, -0.15) is 0 Å². The highest BCUT2D eigenvalue weighted by Crippen LogP contribution is 2.24. The Hall–Kier alpha value is -1.35. The number of methoxy groups -OCH3 is 1. The number of hydrogen-bond acceptors (Lipinski definition) is 3. The fraction of sp³-hybridized carbons (Fsp3) is 0.273. The highest BCUT2D eigenvalue weighted by molar-refractivity contribution is 6.31. The van der Waals surface area contributed by atoms with E-state index in [-0.39, 0.29) is 11.7 Å². The van der Waals surface area contributed by atoms with Gasteiger partial charge in [-0.1, -0.05) is 0 Å². The molecular weight excluding hydrogens is 216 g/mol. The number of aldehydes is 1. The zero-order valence-electron chi connectivity index (χ0n) is 8.54. The van der Waals surface area contributed by atoms with Crippen molar-refractivity contribution in [3.05, 3.63) is 28.8 Å². The summed E-state index contributed by atoms with van der Waals surface area (Å²) in [6.07, 6.45) is 0.713. The monoisotopic (exact) mass is 226 g/mol. The number of benzene rings is 1. The van der Waals surface area contributed by atoms with Gasteiger partial charge in [0.25, 0.3) is 0 Å².